The highest BCUT2D eigenvalue weighted by Crippen LogP contribution is 2.39. The van der Waals surface area contributed by atoms with Gasteiger partial charge in [-0.15, -0.1) is 0 Å². The van der Waals surface area contributed by atoms with E-state index in [0.717, 1.165) is 36.4 Å². The molecular weight excluding hydrogens is 298 g/mol. The molecule has 0 N–H and O–H groups in total. The van der Waals surface area contributed by atoms with Crippen molar-refractivity contribution in [1.82, 2.24) is 4.90 Å². The Labute approximate surface area is 136 Å². The zero-order chi connectivity index (χ0) is 16.2. The van der Waals surface area contributed by atoms with Gasteiger partial charge in [0.15, 0.2) is 6.10 Å². The molecule has 0 aliphatic carbocycles. The number of nitrogens with zero attached hydrogens (tertiary/aromatic N) is 1. The fourth-order valence-electron chi connectivity index (χ4n) is 3.27. The van der Waals surface area contributed by atoms with E-state index in [1.165, 1.54) is 0 Å². The van der Waals surface area contributed by atoms with Crippen molar-refractivity contribution in [1.29, 1.82) is 0 Å². The summed E-state index contributed by atoms with van der Waals surface area (Å²) in [7, 11) is 3.28. The van der Waals surface area contributed by atoms with Crippen LogP contribution in [0.25, 0.3) is 0 Å². The lowest BCUT2D eigenvalue weighted by Crippen LogP contribution is -2.45. The number of likely N-dealkylation sites (tertiary alicyclic amines) is 1. The van der Waals surface area contributed by atoms with Crippen molar-refractivity contribution >= 4 is 5.91 Å². The van der Waals surface area contributed by atoms with Crippen LogP contribution in [-0.2, 0) is 14.3 Å². The molecule has 2 aliphatic heterocycles. The SMILES string of the molecule is COc1ccc(OC)c([C@H]2CCCN2C(=O)[C@H]2COCCO2)c1. The lowest BCUT2D eigenvalue weighted by Gasteiger charge is -2.31. The molecule has 0 spiro atoms. The molecule has 1 amide bonds. The maximum atomic E-state index is 12.8. The summed E-state index contributed by atoms with van der Waals surface area (Å²) in [4.78, 5) is 14.7. The number of ether oxygens (including phenoxy) is 4. The van der Waals surface area contributed by atoms with Crippen molar-refractivity contribution in [2.24, 2.45) is 0 Å². The predicted molar refractivity (Wildman–Crippen MR) is 83.8 cm³/mol. The second-order valence-corrected chi connectivity index (χ2v) is 5.73. The number of carbonyl (C=O) groups is 1. The molecule has 0 radical (unpaired) electrons. The Balaban J connectivity index is 1.84. The average Bonchev–Trinajstić information content (AvgIpc) is 3.10. The standard InChI is InChI=1S/C17H23NO5/c1-20-12-5-6-15(21-2)13(10-12)14-4-3-7-18(14)17(19)16-11-22-8-9-23-16/h5-6,10,14,16H,3-4,7-9,11H2,1-2H3/t14-,16-/m1/s1. The number of hydrogen-bond acceptors (Lipinski definition) is 5. The summed E-state index contributed by atoms with van der Waals surface area (Å²) >= 11 is 0. The highest BCUT2D eigenvalue weighted by molar-refractivity contribution is 5.82. The van der Waals surface area contributed by atoms with Crippen LogP contribution in [-0.4, -0.2) is 57.5 Å². The van der Waals surface area contributed by atoms with Gasteiger partial charge < -0.3 is 23.8 Å². The van der Waals surface area contributed by atoms with E-state index >= 15 is 0 Å². The van der Waals surface area contributed by atoms with Gasteiger partial charge in [-0.1, -0.05) is 0 Å². The Kier molecular flexibility index (Phi) is 5.03. The van der Waals surface area contributed by atoms with Gasteiger partial charge >= 0.3 is 0 Å². The third kappa shape index (κ3) is 3.28. The molecule has 0 unspecified atom stereocenters. The summed E-state index contributed by atoms with van der Waals surface area (Å²) in [6, 6.07) is 5.68. The summed E-state index contributed by atoms with van der Waals surface area (Å²) in [5.41, 5.74) is 0.981. The van der Waals surface area contributed by atoms with Crippen LogP contribution in [0.3, 0.4) is 0 Å². The van der Waals surface area contributed by atoms with Crippen LogP contribution in [0.2, 0.25) is 0 Å². The third-order valence-electron chi connectivity index (χ3n) is 4.42. The zero-order valence-corrected chi connectivity index (χ0v) is 13.6. The monoisotopic (exact) mass is 321 g/mol. The molecule has 6 nitrogen and oxygen atoms in total. The Morgan fingerprint density at radius 2 is 2.13 bits per heavy atom. The van der Waals surface area contributed by atoms with Gasteiger partial charge in [-0.3, -0.25) is 4.79 Å². The number of carbonyl (C=O) groups excluding carboxylic acids is 1. The van der Waals surface area contributed by atoms with Crippen LogP contribution in [0, 0.1) is 0 Å². The molecule has 6 heteroatoms. The fourth-order valence-corrected chi connectivity index (χ4v) is 3.27. The molecule has 2 heterocycles. The minimum atomic E-state index is -0.499. The number of benzene rings is 1. The first-order valence-electron chi connectivity index (χ1n) is 7.96. The van der Waals surface area contributed by atoms with Gasteiger partial charge in [-0.2, -0.15) is 0 Å². The number of amides is 1. The summed E-state index contributed by atoms with van der Waals surface area (Å²) in [6.07, 6.45) is 1.37. The van der Waals surface area contributed by atoms with Crippen LogP contribution in [0.4, 0.5) is 0 Å². The second-order valence-electron chi connectivity index (χ2n) is 5.73. The second kappa shape index (κ2) is 7.19. The highest BCUT2D eigenvalue weighted by Gasteiger charge is 2.36. The topological polar surface area (TPSA) is 57.2 Å². The van der Waals surface area contributed by atoms with Gasteiger partial charge in [0.25, 0.3) is 5.91 Å². The molecule has 2 saturated heterocycles. The quantitative estimate of drug-likeness (QED) is 0.846. The Morgan fingerprint density at radius 1 is 1.26 bits per heavy atom. The molecule has 0 bridgehead atoms. The van der Waals surface area contributed by atoms with Gasteiger partial charge in [-0.25, -0.2) is 0 Å². The van der Waals surface area contributed by atoms with E-state index in [2.05, 4.69) is 0 Å². The van der Waals surface area contributed by atoms with Gasteiger partial charge in [0.2, 0.25) is 0 Å². The normalized spacial score (nSPS) is 24.5. The van der Waals surface area contributed by atoms with Crippen LogP contribution in [0.15, 0.2) is 18.2 Å². The van der Waals surface area contributed by atoms with Crippen LogP contribution >= 0.6 is 0 Å². The van der Waals surface area contributed by atoms with Crippen molar-refractivity contribution in [2.45, 2.75) is 25.0 Å². The van der Waals surface area contributed by atoms with E-state index in [0.29, 0.717) is 19.8 Å². The summed E-state index contributed by atoms with van der Waals surface area (Å²) in [5, 5.41) is 0. The molecule has 2 aliphatic rings. The van der Waals surface area contributed by atoms with E-state index in [4.69, 9.17) is 18.9 Å². The number of hydrogen-bond donors (Lipinski definition) is 0. The molecule has 2 fully saturated rings. The molecule has 126 valence electrons. The van der Waals surface area contributed by atoms with E-state index in [1.807, 2.05) is 23.1 Å². The summed E-state index contributed by atoms with van der Waals surface area (Å²) in [5.74, 6) is 1.53. The first-order valence-corrected chi connectivity index (χ1v) is 7.96. The lowest BCUT2D eigenvalue weighted by atomic mass is 10.0. The lowest BCUT2D eigenvalue weighted by molar-refractivity contribution is -0.158. The molecule has 3 rings (SSSR count). The third-order valence-corrected chi connectivity index (χ3v) is 4.42. The first kappa shape index (κ1) is 16.1. The first-order chi connectivity index (χ1) is 11.2. The molecular formula is C17H23NO5. The maximum Gasteiger partial charge on any atom is 0.254 e. The fraction of sp³-hybridized carbons (Fsp3) is 0.588. The van der Waals surface area contributed by atoms with Crippen molar-refractivity contribution in [3.8, 4) is 11.5 Å². The minimum absolute atomic E-state index is 0.00271. The Hall–Kier alpha value is -1.79. The maximum absolute atomic E-state index is 12.8. The van der Waals surface area contributed by atoms with Crippen molar-refractivity contribution < 1.29 is 23.7 Å². The van der Waals surface area contributed by atoms with Crippen molar-refractivity contribution in [2.75, 3.05) is 40.6 Å². The van der Waals surface area contributed by atoms with E-state index in [-0.39, 0.29) is 11.9 Å². The summed E-state index contributed by atoms with van der Waals surface area (Å²) < 4.78 is 21.7. The van der Waals surface area contributed by atoms with Gasteiger partial charge in [-0.05, 0) is 31.0 Å². The van der Waals surface area contributed by atoms with Gasteiger partial charge in [0.1, 0.15) is 11.5 Å². The molecule has 1 aromatic rings. The molecule has 2 atom stereocenters. The van der Waals surface area contributed by atoms with Crippen molar-refractivity contribution in [3.63, 3.8) is 0 Å². The van der Waals surface area contributed by atoms with E-state index in [1.54, 1.807) is 14.2 Å². The van der Waals surface area contributed by atoms with Crippen LogP contribution in [0.5, 0.6) is 11.5 Å². The molecule has 0 aromatic heterocycles. The average molecular weight is 321 g/mol. The Bertz CT molecular complexity index is 556. The molecule has 23 heavy (non-hydrogen) atoms. The number of rotatable bonds is 4. The van der Waals surface area contributed by atoms with E-state index in [9.17, 15) is 4.79 Å². The van der Waals surface area contributed by atoms with Gasteiger partial charge in [0.05, 0.1) is 40.1 Å². The zero-order valence-electron chi connectivity index (χ0n) is 13.6. The predicted octanol–water partition coefficient (Wildman–Crippen LogP) is 1.78. The molecule has 0 saturated carbocycles. The van der Waals surface area contributed by atoms with Gasteiger partial charge in [0, 0.05) is 12.1 Å². The number of methoxy groups -OCH3 is 2. The summed E-state index contributed by atoms with van der Waals surface area (Å²) in [6.45, 7) is 2.08. The van der Waals surface area contributed by atoms with E-state index < -0.39 is 6.10 Å². The highest BCUT2D eigenvalue weighted by atomic mass is 16.6. The Morgan fingerprint density at radius 3 is 2.83 bits per heavy atom. The largest absolute Gasteiger partial charge is 0.497 e. The smallest absolute Gasteiger partial charge is 0.254 e. The minimum Gasteiger partial charge on any atom is -0.497 e. The van der Waals surface area contributed by atoms with Crippen LogP contribution in [0.1, 0.15) is 24.4 Å². The molecule has 1 aromatic carbocycles. The van der Waals surface area contributed by atoms with Crippen molar-refractivity contribution in [3.05, 3.63) is 23.8 Å². The van der Waals surface area contributed by atoms with Crippen LogP contribution < -0.4 is 9.47 Å².